The van der Waals surface area contributed by atoms with E-state index in [9.17, 15) is 13.2 Å². The summed E-state index contributed by atoms with van der Waals surface area (Å²) in [6.07, 6.45) is 4.90. The molecule has 1 atom stereocenters. The van der Waals surface area contributed by atoms with E-state index in [4.69, 9.17) is 26.8 Å². The molecule has 8 nitrogen and oxygen atoms in total. The molecule has 1 saturated heterocycles. The second-order valence-corrected chi connectivity index (χ2v) is 14.0. The molecule has 0 bridgehead atoms. The minimum atomic E-state index is -4.59. The Morgan fingerprint density at radius 2 is 1.66 bits per heavy atom. The second kappa shape index (κ2) is 13.2. The fourth-order valence-electron chi connectivity index (χ4n) is 5.67. The largest absolute Gasteiger partial charge is 0.490 e. The number of likely N-dealkylation sites (tertiary alicyclic amines) is 1. The Hall–Kier alpha value is -2.99. The maximum Gasteiger partial charge on any atom is 0.298 e. The van der Waals surface area contributed by atoms with Gasteiger partial charge < -0.3 is 20.1 Å². The average molecular weight is 650 g/mol. The van der Waals surface area contributed by atoms with Crippen molar-refractivity contribution in [1.29, 1.82) is 0 Å². The maximum atomic E-state index is 16.4. The monoisotopic (exact) mass is 649 g/mol. The first-order chi connectivity index (χ1) is 20.8. The van der Waals surface area contributed by atoms with Crippen LogP contribution < -0.4 is 19.9 Å². The first kappa shape index (κ1) is 32.4. The normalized spacial score (nSPS) is 17.8. The van der Waals surface area contributed by atoms with Crippen molar-refractivity contribution >= 4 is 38.3 Å². The van der Waals surface area contributed by atoms with E-state index in [1.165, 1.54) is 23.1 Å². The van der Waals surface area contributed by atoms with E-state index in [2.05, 4.69) is 4.72 Å². The van der Waals surface area contributed by atoms with Crippen LogP contribution in [0.3, 0.4) is 0 Å². The van der Waals surface area contributed by atoms with Gasteiger partial charge in [0.15, 0.2) is 6.04 Å². The molecule has 1 unspecified atom stereocenters. The Morgan fingerprint density at radius 3 is 2.34 bits per heavy atom. The fourth-order valence-corrected chi connectivity index (χ4v) is 7.05. The highest BCUT2D eigenvalue weighted by Gasteiger charge is 2.50. The number of fused-ring (bicyclic) bond motifs is 1. The Kier molecular flexibility index (Phi) is 9.69. The van der Waals surface area contributed by atoms with E-state index in [0.29, 0.717) is 24.0 Å². The number of hydrogen-bond donors (Lipinski definition) is 2. The van der Waals surface area contributed by atoms with Crippen LogP contribution in [0.15, 0.2) is 59.5 Å². The number of ether oxygens (including phenoxy) is 2. The van der Waals surface area contributed by atoms with Crippen LogP contribution in [0.25, 0.3) is 10.8 Å². The predicted molar refractivity (Wildman–Crippen MR) is 166 cm³/mol. The van der Waals surface area contributed by atoms with Crippen LogP contribution in [0, 0.1) is 0 Å². The van der Waals surface area contributed by atoms with Gasteiger partial charge in [0, 0.05) is 24.7 Å². The van der Waals surface area contributed by atoms with Gasteiger partial charge in [0.2, 0.25) is 15.9 Å². The summed E-state index contributed by atoms with van der Waals surface area (Å²) in [5.74, 6) is -4.32. The number of benzene rings is 3. The number of nitrogens with zero attached hydrogens (tertiary/aromatic N) is 1. The molecule has 2 fully saturated rings. The molecule has 1 aliphatic heterocycles. The number of amides is 1. The topological polar surface area (TPSA) is 111 Å². The number of rotatable bonds is 10. The molecule has 44 heavy (non-hydrogen) atoms. The van der Waals surface area contributed by atoms with Crippen LogP contribution in [-0.2, 0) is 20.7 Å². The molecule has 1 amide bonds. The molecule has 12 heteroatoms. The zero-order chi connectivity index (χ0) is 31.6. The summed E-state index contributed by atoms with van der Waals surface area (Å²) >= 11 is 6.18. The van der Waals surface area contributed by atoms with Crippen molar-refractivity contribution in [2.45, 2.75) is 87.5 Å². The molecule has 0 aromatic heterocycles. The highest BCUT2D eigenvalue weighted by molar-refractivity contribution is 7.89. The number of nitrogens with two attached hydrogens (primary N) is 1. The molecule has 2 aliphatic rings. The first-order valence-electron chi connectivity index (χ1n) is 14.9. The molecule has 1 aliphatic carbocycles. The summed E-state index contributed by atoms with van der Waals surface area (Å²) in [5.41, 5.74) is 5.35. The van der Waals surface area contributed by atoms with Crippen LogP contribution in [0.2, 0.25) is 5.02 Å². The zero-order valence-electron chi connectivity index (χ0n) is 24.8. The van der Waals surface area contributed by atoms with Crippen molar-refractivity contribution in [3.05, 3.63) is 65.2 Å². The molecule has 3 aromatic rings. The van der Waals surface area contributed by atoms with Gasteiger partial charge in [-0.2, -0.15) is 13.5 Å². The van der Waals surface area contributed by atoms with E-state index in [0.717, 1.165) is 43.2 Å². The first-order valence-corrected chi connectivity index (χ1v) is 16.8. The van der Waals surface area contributed by atoms with Crippen molar-refractivity contribution in [1.82, 2.24) is 9.62 Å². The molecule has 0 spiro atoms. The molecule has 0 radical (unpaired) electrons. The second-order valence-electron chi connectivity index (χ2n) is 11.8. The maximum absolute atomic E-state index is 16.4. The number of carbonyl (C=O) groups is 1. The highest BCUT2D eigenvalue weighted by Crippen LogP contribution is 2.38. The number of nitrogens with one attached hydrogen (secondary N) is 1. The van der Waals surface area contributed by atoms with Crippen LogP contribution in [0.4, 0.5) is 8.78 Å². The van der Waals surface area contributed by atoms with Crippen molar-refractivity contribution in [3.8, 4) is 11.5 Å². The van der Waals surface area contributed by atoms with Crippen LogP contribution >= 0.6 is 11.6 Å². The van der Waals surface area contributed by atoms with Crippen molar-refractivity contribution < 1.29 is 31.5 Å². The summed E-state index contributed by atoms with van der Waals surface area (Å²) in [7, 11) is -4.59. The molecule has 1 saturated carbocycles. The summed E-state index contributed by atoms with van der Waals surface area (Å²) in [6.45, 7) is 3.71. The quantitative estimate of drug-likeness (QED) is 0.279. The van der Waals surface area contributed by atoms with Gasteiger partial charge in [0.1, 0.15) is 11.5 Å². The lowest BCUT2D eigenvalue weighted by Crippen LogP contribution is -2.58. The predicted octanol–water partition coefficient (Wildman–Crippen LogP) is 5.99. The van der Waals surface area contributed by atoms with Gasteiger partial charge in [-0.3, -0.25) is 4.79 Å². The molecular weight excluding hydrogens is 612 g/mol. The standard InChI is InChI=1S/C32H38ClF2N3O5S/c1-20(2)42-29-19-23(9-12-28(29)33)32(34,35)30(31(39)38-15-13-24(36)14-16-38)37-44(40,41)27-11-8-21-17-26(10-7-22(21)18-27)43-25-5-3-4-6-25/h7-12,17-20,24-25,30,37H,3-6,13-16,36H2,1-2H3. The van der Waals surface area contributed by atoms with E-state index in [1.54, 1.807) is 32.0 Å². The molecule has 5 rings (SSSR count). The van der Waals surface area contributed by atoms with Crippen LogP contribution in [-0.4, -0.2) is 56.6 Å². The number of halogens is 3. The van der Waals surface area contributed by atoms with Gasteiger partial charge in [-0.1, -0.05) is 29.8 Å². The Labute approximate surface area is 261 Å². The summed E-state index contributed by atoms with van der Waals surface area (Å²) in [6, 6.07) is 10.4. The third kappa shape index (κ3) is 7.28. The zero-order valence-corrected chi connectivity index (χ0v) is 26.3. The lowest BCUT2D eigenvalue weighted by atomic mass is 9.98. The number of carbonyl (C=O) groups excluding carboxylic acids is 1. The SMILES string of the molecule is CC(C)Oc1cc(C(F)(F)C(NS(=O)(=O)c2ccc3cc(OC4CCCC4)ccc3c2)C(=O)N2CCC(N)CC2)ccc1Cl. The van der Waals surface area contributed by atoms with Crippen molar-refractivity contribution in [3.63, 3.8) is 0 Å². The van der Waals surface area contributed by atoms with Gasteiger partial charge in [0.05, 0.1) is 22.1 Å². The van der Waals surface area contributed by atoms with E-state index in [1.807, 2.05) is 6.07 Å². The summed E-state index contributed by atoms with van der Waals surface area (Å²) in [4.78, 5) is 14.7. The molecular formula is C32H38ClF2N3O5S. The van der Waals surface area contributed by atoms with E-state index < -0.39 is 33.5 Å². The van der Waals surface area contributed by atoms with Crippen LogP contribution in [0.1, 0.15) is 57.9 Å². The average Bonchev–Trinajstić information content (AvgIpc) is 3.49. The van der Waals surface area contributed by atoms with Gasteiger partial charge in [0.25, 0.3) is 5.92 Å². The number of piperidine rings is 1. The van der Waals surface area contributed by atoms with Crippen LogP contribution in [0.5, 0.6) is 11.5 Å². The van der Waals surface area contributed by atoms with E-state index >= 15 is 8.78 Å². The third-order valence-corrected chi connectivity index (χ3v) is 9.84. The Balaban J connectivity index is 1.46. The number of alkyl halides is 2. The fraction of sp³-hybridized carbons (Fsp3) is 0.469. The minimum absolute atomic E-state index is 0.00246. The van der Waals surface area contributed by atoms with Gasteiger partial charge in [-0.15, -0.1) is 0 Å². The Bertz CT molecular complexity index is 1610. The molecule has 3 aromatic carbocycles. The molecule has 3 N–H and O–H groups in total. The lowest BCUT2D eigenvalue weighted by molar-refractivity contribution is -0.145. The number of hydrogen-bond acceptors (Lipinski definition) is 6. The van der Waals surface area contributed by atoms with Gasteiger partial charge in [-0.25, -0.2) is 8.42 Å². The lowest BCUT2D eigenvalue weighted by Gasteiger charge is -2.35. The summed E-state index contributed by atoms with van der Waals surface area (Å²) in [5, 5.41) is 1.43. The molecule has 238 valence electrons. The molecule has 1 heterocycles. The van der Waals surface area contributed by atoms with Crippen molar-refractivity contribution in [2.75, 3.05) is 13.1 Å². The summed E-state index contributed by atoms with van der Waals surface area (Å²) < 4.78 is 73.7. The number of sulfonamides is 1. The minimum Gasteiger partial charge on any atom is -0.490 e. The van der Waals surface area contributed by atoms with E-state index in [-0.39, 0.29) is 47.0 Å². The van der Waals surface area contributed by atoms with Crippen molar-refractivity contribution in [2.24, 2.45) is 5.73 Å². The van der Waals surface area contributed by atoms with Gasteiger partial charge >= 0.3 is 0 Å². The van der Waals surface area contributed by atoms with Gasteiger partial charge in [-0.05, 0) is 99.5 Å². The Morgan fingerprint density at radius 1 is 1.00 bits per heavy atom. The smallest absolute Gasteiger partial charge is 0.298 e. The third-order valence-electron chi connectivity index (χ3n) is 8.11. The highest BCUT2D eigenvalue weighted by atomic mass is 35.5.